The quantitative estimate of drug-likeness (QED) is 0.600. The number of rotatable bonds is 2. The Morgan fingerprint density at radius 3 is 1.32 bits per heavy atom. The van der Waals surface area contributed by atoms with E-state index in [0.717, 1.165) is 23.0 Å². The summed E-state index contributed by atoms with van der Waals surface area (Å²) in [6, 6.07) is 8.09. The summed E-state index contributed by atoms with van der Waals surface area (Å²) in [5.41, 5.74) is 1.81. The molecule has 0 aromatic heterocycles. The molecule has 122 valence electrons. The maximum atomic E-state index is 4.63. The lowest BCUT2D eigenvalue weighted by Gasteiger charge is -2.19. The molecule has 1 rings (SSSR count). The van der Waals surface area contributed by atoms with Gasteiger partial charge in [0.2, 0.25) is 0 Å². The van der Waals surface area contributed by atoms with E-state index in [4.69, 9.17) is 0 Å². The fourth-order valence-corrected chi connectivity index (χ4v) is 2.15. The van der Waals surface area contributed by atoms with Crippen LogP contribution in [-0.2, 0) is 0 Å². The van der Waals surface area contributed by atoms with Gasteiger partial charge in [-0.25, -0.2) is 0 Å². The van der Waals surface area contributed by atoms with Gasteiger partial charge in [0.05, 0.1) is 34.1 Å². The monoisotopic (exact) mass is 302 g/mol. The standard InChI is InChI=1S/C18H30N4/c1-13(21-17(3,4)5)19-15-11-9-10-12-16(15)20-14(2)22-18(6,7)8/h9-12H,1-8H3,(H,19,21)(H,20,22). The zero-order valence-corrected chi connectivity index (χ0v) is 15.2. The highest BCUT2D eigenvalue weighted by atomic mass is 15.1. The summed E-state index contributed by atoms with van der Waals surface area (Å²) >= 11 is 0. The first-order valence-corrected chi connectivity index (χ1v) is 7.72. The van der Waals surface area contributed by atoms with E-state index in [9.17, 15) is 0 Å². The van der Waals surface area contributed by atoms with Gasteiger partial charge in [-0.2, -0.15) is 0 Å². The van der Waals surface area contributed by atoms with Crippen molar-refractivity contribution in [1.29, 1.82) is 0 Å². The highest BCUT2D eigenvalue weighted by Gasteiger charge is 2.10. The van der Waals surface area contributed by atoms with Crippen LogP contribution in [0.5, 0.6) is 0 Å². The number of aliphatic imine (C=N–C) groups is 2. The summed E-state index contributed by atoms with van der Waals surface area (Å²) in [7, 11) is 0. The van der Waals surface area contributed by atoms with Crippen LogP contribution in [0.15, 0.2) is 34.3 Å². The van der Waals surface area contributed by atoms with Gasteiger partial charge in [-0.05, 0) is 67.5 Å². The van der Waals surface area contributed by atoms with Crippen molar-refractivity contribution in [3.05, 3.63) is 24.3 Å². The fourth-order valence-electron chi connectivity index (χ4n) is 2.15. The second-order valence-electron chi connectivity index (χ2n) is 7.53. The van der Waals surface area contributed by atoms with Crippen LogP contribution in [0.25, 0.3) is 0 Å². The van der Waals surface area contributed by atoms with Gasteiger partial charge in [-0.15, -0.1) is 0 Å². The number of nitrogens with zero attached hydrogens (tertiary/aromatic N) is 2. The number of amidine groups is 2. The van der Waals surface area contributed by atoms with Crippen molar-refractivity contribution in [2.45, 2.75) is 66.5 Å². The van der Waals surface area contributed by atoms with E-state index in [0.29, 0.717) is 0 Å². The van der Waals surface area contributed by atoms with E-state index in [2.05, 4.69) is 62.2 Å². The normalized spacial score (nSPS) is 14.0. The van der Waals surface area contributed by atoms with Gasteiger partial charge in [-0.1, -0.05) is 12.1 Å². The average Bonchev–Trinajstić information content (AvgIpc) is 2.26. The number of benzene rings is 1. The first-order valence-electron chi connectivity index (χ1n) is 7.72. The summed E-state index contributed by atoms with van der Waals surface area (Å²) < 4.78 is 0. The Balaban J connectivity index is 2.96. The van der Waals surface area contributed by atoms with E-state index in [1.807, 2.05) is 38.1 Å². The molecule has 0 fully saturated rings. The SMILES string of the molecule is CC(=NC(C)(C)C)Nc1ccccc1NC(C)=NC(C)(C)C. The van der Waals surface area contributed by atoms with Crippen molar-refractivity contribution in [2.75, 3.05) is 10.6 Å². The molecule has 0 aliphatic rings. The van der Waals surface area contributed by atoms with Crippen molar-refractivity contribution >= 4 is 23.0 Å². The molecule has 2 N–H and O–H groups in total. The topological polar surface area (TPSA) is 48.8 Å². The molecular weight excluding hydrogens is 272 g/mol. The van der Waals surface area contributed by atoms with E-state index in [-0.39, 0.29) is 11.1 Å². The fraction of sp³-hybridized carbons (Fsp3) is 0.556. The van der Waals surface area contributed by atoms with Crippen LogP contribution in [0.1, 0.15) is 55.4 Å². The predicted molar refractivity (Wildman–Crippen MR) is 99.4 cm³/mol. The number of hydrogen-bond acceptors (Lipinski definition) is 2. The summed E-state index contributed by atoms with van der Waals surface area (Å²) in [6.07, 6.45) is 0. The van der Waals surface area contributed by atoms with Crippen LogP contribution in [0.4, 0.5) is 11.4 Å². The molecule has 0 saturated heterocycles. The summed E-state index contributed by atoms with van der Waals surface area (Å²) in [5, 5.41) is 6.74. The van der Waals surface area contributed by atoms with Crippen molar-refractivity contribution in [2.24, 2.45) is 9.98 Å². The maximum absolute atomic E-state index is 4.63. The minimum absolute atomic E-state index is 0.0942. The van der Waals surface area contributed by atoms with Gasteiger partial charge < -0.3 is 10.6 Å². The van der Waals surface area contributed by atoms with Crippen LogP contribution in [0.2, 0.25) is 0 Å². The molecule has 0 saturated carbocycles. The Hall–Kier alpha value is -1.84. The molecule has 0 unspecified atom stereocenters. The molecule has 0 spiro atoms. The Kier molecular flexibility index (Phi) is 5.75. The lowest BCUT2D eigenvalue weighted by molar-refractivity contribution is 0.582. The minimum atomic E-state index is -0.0942. The lowest BCUT2D eigenvalue weighted by atomic mass is 10.1. The predicted octanol–water partition coefficient (Wildman–Crippen LogP) is 4.94. The van der Waals surface area contributed by atoms with Crippen molar-refractivity contribution in [1.82, 2.24) is 0 Å². The molecule has 4 heteroatoms. The summed E-state index contributed by atoms with van der Waals surface area (Å²) in [4.78, 5) is 9.26. The maximum Gasteiger partial charge on any atom is 0.0982 e. The molecule has 0 heterocycles. The van der Waals surface area contributed by atoms with E-state index in [1.165, 1.54) is 0 Å². The Bertz CT molecular complexity index is 506. The van der Waals surface area contributed by atoms with Gasteiger partial charge in [-0.3, -0.25) is 9.98 Å². The van der Waals surface area contributed by atoms with Gasteiger partial charge in [0.1, 0.15) is 0 Å². The molecule has 0 atom stereocenters. The Labute approximate surface area is 135 Å². The highest BCUT2D eigenvalue weighted by molar-refractivity contribution is 6.01. The van der Waals surface area contributed by atoms with Gasteiger partial charge >= 0.3 is 0 Å². The number of hydrogen-bond donors (Lipinski definition) is 2. The number of nitrogens with one attached hydrogen (secondary N) is 2. The van der Waals surface area contributed by atoms with E-state index >= 15 is 0 Å². The molecule has 22 heavy (non-hydrogen) atoms. The van der Waals surface area contributed by atoms with Crippen molar-refractivity contribution in [3.8, 4) is 0 Å². The lowest BCUT2D eigenvalue weighted by Crippen LogP contribution is -2.20. The first kappa shape index (κ1) is 18.2. The van der Waals surface area contributed by atoms with E-state index < -0.39 is 0 Å². The number of para-hydroxylation sites is 2. The zero-order chi connectivity index (χ0) is 17.0. The summed E-state index contributed by atoms with van der Waals surface area (Å²) in [6.45, 7) is 16.5. The van der Waals surface area contributed by atoms with Gasteiger partial charge in [0.15, 0.2) is 0 Å². The third-order valence-corrected chi connectivity index (χ3v) is 2.56. The van der Waals surface area contributed by atoms with Crippen molar-refractivity contribution < 1.29 is 0 Å². The van der Waals surface area contributed by atoms with E-state index in [1.54, 1.807) is 0 Å². The van der Waals surface area contributed by atoms with Crippen LogP contribution in [-0.4, -0.2) is 22.7 Å². The van der Waals surface area contributed by atoms with Crippen LogP contribution >= 0.6 is 0 Å². The summed E-state index contributed by atoms with van der Waals surface area (Å²) in [5.74, 6) is 1.79. The average molecular weight is 302 g/mol. The molecule has 4 nitrogen and oxygen atoms in total. The molecule has 1 aromatic rings. The van der Waals surface area contributed by atoms with Crippen LogP contribution in [0.3, 0.4) is 0 Å². The minimum Gasteiger partial charge on any atom is -0.343 e. The van der Waals surface area contributed by atoms with Crippen LogP contribution < -0.4 is 10.6 Å². The third-order valence-electron chi connectivity index (χ3n) is 2.56. The van der Waals surface area contributed by atoms with Crippen LogP contribution in [0, 0.1) is 0 Å². The van der Waals surface area contributed by atoms with Crippen molar-refractivity contribution in [3.63, 3.8) is 0 Å². The van der Waals surface area contributed by atoms with Gasteiger partial charge in [0, 0.05) is 0 Å². The van der Waals surface area contributed by atoms with Gasteiger partial charge in [0.25, 0.3) is 0 Å². The molecular formula is C18H30N4. The molecule has 0 radical (unpaired) electrons. The third kappa shape index (κ3) is 7.25. The Morgan fingerprint density at radius 1 is 0.727 bits per heavy atom. The smallest absolute Gasteiger partial charge is 0.0982 e. The Morgan fingerprint density at radius 2 is 1.05 bits per heavy atom. The molecule has 0 bridgehead atoms. The largest absolute Gasteiger partial charge is 0.343 e. The molecule has 0 aliphatic carbocycles. The first-order chi connectivity index (χ1) is 9.96. The second-order valence-corrected chi connectivity index (χ2v) is 7.53. The number of anilines is 2. The molecule has 0 aliphatic heterocycles. The zero-order valence-electron chi connectivity index (χ0n) is 15.2. The highest BCUT2D eigenvalue weighted by Crippen LogP contribution is 2.22. The second kappa shape index (κ2) is 6.95. The molecule has 1 aromatic carbocycles. The molecule has 0 amide bonds.